The molecule has 0 unspecified atom stereocenters. The molecule has 0 atom stereocenters. The standard InChI is InChI=1S/C16H20N2O3/c1-2-14-17-13-5-3-4-12(16(19)20)15(13)18(14)10-11-6-8-21-9-7-11/h3-5,11H,2,6-10H2,1H3,(H,19,20). The lowest BCUT2D eigenvalue weighted by Crippen LogP contribution is -2.21. The van der Waals surface area contributed by atoms with E-state index in [1.165, 1.54) is 0 Å². The van der Waals surface area contributed by atoms with E-state index in [0.29, 0.717) is 11.5 Å². The third kappa shape index (κ3) is 2.65. The van der Waals surface area contributed by atoms with Gasteiger partial charge in [0.25, 0.3) is 0 Å². The van der Waals surface area contributed by atoms with Gasteiger partial charge in [-0.2, -0.15) is 0 Å². The maximum absolute atomic E-state index is 11.5. The van der Waals surface area contributed by atoms with Crippen molar-refractivity contribution in [3.05, 3.63) is 29.6 Å². The number of rotatable bonds is 4. The summed E-state index contributed by atoms with van der Waals surface area (Å²) >= 11 is 0. The molecule has 2 heterocycles. The molecular weight excluding hydrogens is 268 g/mol. The minimum Gasteiger partial charge on any atom is -0.478 e. The number of aryl methyl sites for hydroxylation is 1. The number of imidazole rings is 1. The quantitative estimate of drug-likeness (QED) is 0.939. The van der Waals surface area contributed by atoms with Crippen molar-refractivity contribution in [3.8, 4) is 0 Å². The Labute approximate surface area is 123 Å². The molecule has 5 heteroatoms. The Morgan fingerprint density at radius 3 is 2.86 bits per heavy atom. The minimum absolute atomic E-state index is 0.340. The van der Waals surface area contributed by atoms with Crippen LogP contribution in [0.1, 0.15) is 35.9 Å². The SMILES string of the molecule is CCc1nc2cccc(C(=O)O)c2n1CC1CCOCC1. The number of carboxylic acid groups (broad SMARTS) is 1. The number of benzene rings is 1. The first kappa shape index (κ1) is 14.1. The van der Waals surface area contributed by atoms with Crippen LogP contribution >= 0.6 is 0 Å². The molecule has 0 radical (unpaired) electrons. The van der Waals surface area contributed by atoms with Gasteiger partial charge in [-0.1, -0.05) is 13.0 Å². The lowest BCUT2D eigenvalue weighted by Gasteiger charge is -2.23. The zero-order chi connectivity index (χ0) is 14.8. The average molecular weight is 288 g/mol. The van der Waals surface area contributed by atoms with Gasteiger partial charge in [0, 0.05) is 26.2 Å². The first-order valence-corrected chi connectivity index (χ1v) is 7.50. The molecule has 1 aromatic carbocycles. The monoisotopic (exact) mass is 288 g/mol. The van der Waals surface area contributed by atoms with Gasteiger partial charge >= 0.3 is 5.97 Å². The normalized spacial score (nSPS) is 16.4. The molecule has 1 aliphatic heterocycles. The van der Waals surface area contributed by atoms with Crippen molar-refractivity contribution in [2.24, 2.45) is 5.92 Å². The maximum atomic E-state index is 11.5. The highest BCUT2D eigenvalue weighted by molar-refractivity contribution is 6.01. The summed E-state index contributed by atoms with van der Waals surface area (Å²) in [4.78, 5) is 16.1. The van der Waals surface area contributed by atoms with Crippen LogP contribution in [0.25, 0.3) is 11.0 Å². The predicted molar refractivity (Wildman–Crippen MR) is 79.6 cm³/mol. The highest BCUT2D eigenvalue weighted by Crippen LogP contribution is 2.25. The van der Waals surface area contributed by atoms with Crippen LogP contribution in [0.3, 0.4) is 0 Å². The van der Waals surface area contributed by atoms with Crippen molar-refractivity contribution in [2.45, 2.75) is 32.7 Å². The summed E-state index contributed by atoms with van der Waals surface area (Å²) < 4.78 is 7.51. The zero-order valence-corrected chi connectivity index (χ0v) is 12.2. The van der Waals surface area contributed by atoms with E-state index in [9.17, 15) is 9.90 Å². The average Bonchev–Trinajstić information content (AvgIpc) is 2.86. The van der Waals surface area contributed by atoms with E-state index >= 15 is 0 Å². The largest absolute Gasteiger partial charge is 0.478 e. The fraction of sp³-hybridized carbons (Fsp3) is 0.500. The number of aromatic carboxylic acids is 1. The summed E-state index contributed by atoms with van der Waals surface area (Å²) in [5.74, 6) is 0.602. The number of nitrogens with zero attached hydrogens (tertiary/aromatic N) is 2. The third-order valence-corrected chi connectivity index (χ3v) is 4.17. The van der Waals surface area contributed by atoms with Gasteiger partial charge in [0.05, 0.1) is 16.6 Å². The van der Waals surface area contributed by atoms with Crippen molar-refractivity contribution in [1.29, 1.82) is 0 Å². The number of carboxylic acids is 1. The van der Waals surface area contributed by atoms with Crippen molar-refractivity contribution < 1.29 is 14.6 Å². The summed E-state index contributed by atoms with van der Waals surface area (Å²) in [6.07, 6.45) is 2.85. The third-order valence-electron chi connectivity index (χ3n) is 4.17. The molecule has 1 N–H and O–H groups in total. The number of aromatic nitrogens is 2. The van der Waals surface area contributed by atoms with Gasteiger partial charge in [0.1, 0.15) is 5.82 Å². The smallest absolute Gasteiger partial charge is 0.337 e. The van der Waals surface area contributed by atoms with E-state index < -0.39 is 5.97 Å². The summed E-state index contributed by atoms with van der Waals surface area (Å²) in [6, 6.07) is 5.31. The molecule has 0 aliphatic carbocycles. The van der Waals surface area contributed by atoms with Crippen LogP contribution in [0.5, 0.6) is 0 Å². The molecule has 1 fully saturated rings. The zero-order valence-electron chi connectivity index (χ0n) is 12.2. The Morgan fingerprint density at radius 1 is 1.43 bits per heavy atom. The van der Waals surface area contributed by atoms with Crippen LogP contribution < -0.4 is 0 Å². The van der Waals surface area contributed by atoms with Crippen LogP contribution in [0.2, 0.25) is 0 Å². The molecule has 1 aliphatic rings. The van der Waals surface area contributed by atoms with Crippen LogP contribution in [0.15, 0.2) is 18.2 Å². The molecule has 1 saturated heterocycles. The Kier molecular flexibility index (Phi) is 3.92. The van der Waals surface area contributed by atoms with E-state index in [1.807, 2.05) is 6.07 Å². The second-order valence-electron chi connectivity index (χ2n) is 5.53. The van der Waals surface area contributed by atoms with E-state index in [0.717, 1.165) is 55.9 Å². The Balaban J connectivity index is 2.07. The van der Waals surface area contributed by atoms with Gasteiger partial charge in [0.2, 0.25) is 0 Å². The Bertz CT molecular complexity index is 657. The molecule has 0 bridgehead atoms. The molecule has 21 heavy (non-hydrogen) atoms. The summed E-state index contributed by atoms with van der Waals surface area (Å²) in [5, 5.41) is 9.43. The van der Waals surface area contributed by atoms with Gasteiger partial charge in [-0.15, -0.1) is 0 Å². The number of hydrogen-bond donors (Lipinski definition) is 1. The maximum Gasteiger partial charge on any atom is 0.337 e. The van der Waals surface area contributed by atoms with Crippen LogP contribution in [-0.4, -0.2) is 33.8 Å². The lowest BCUT2D eigenvalue weighted by molar-refractivity contribution is 0.0612. The number of para-hydroxylation sites is 1. The fourth-order valence-electron chi connectivity index (χ4n) is 3.06. The number of ether oxygens (including phenoxy) is 1. The van der Waals surface area contributed by atoms with E-state index in [1.54, 1.807) is 12.1 Å². The van der Waals surface area contributed by atoms with Crippen LogP contribution in [-0.2, 0) is 17.7 Å². The molecule has 0 spiro atoms. The summed E-state index contributed by atoms with van der Waals surface area (Å²) in [7, 11) is 0. The molecular formula is C16H20N2O3. The Morgan fingerprint density at radius 2 is 2.19 bits per heavy atom. The second kappa shape index (κ2) is 5.85. The highest BCUT2D eigenvalue weighted by Gasteiger charge is 2.21. The minimum atomic E-state index is -0.892. The molecule has 112 valence electrons. The number of hydrogen-bond acceptors (Lipinski definition) is 3. The van der Waals surface area contributed by atoms with Gasteiger partial charge in [-0.05, 0) is 30.9 Å². The second-order valence-corrected chi connectivity index (χ2v) is 5.53. The fourth-order valence-corrected chi connectivity index (χ4v) is 3.06. The molecule has 0 saturated carbocycles. The van der Waals surface area contributed by atoms with Gasteiger partial charge < -0.3 is 14.4 Å². The first-order valence-electron chi connectivity index (χ1n) is 7.50. The van der Waals surface area contributed by atoms with Crippen LogP contribution in [0.4, 0.5) is 0 Å². The number of carbonyl (C=O) groups is 1. The van der Waals surface area contributed by atoms with Crippen LogP contribution in [0, 0.1) is 5.92 Å². The Hall–Kier alpha value is -1.88. The number of fused-ring (bicyclic) bond motifs is 1. The van der Waals surface area contributed by atoms with Crippen molar-refractivity contribution in [2.75, 3.05) is 13.2 Å². The van der Waals surface area contributed by atoms with Gasteiger partial charge in [0.15, 0.2) is 0 Å². The van der Waals surface area contributed by atoms with E-state index in [-0.39, 0.29) is 0 Å². The van der Waals surface area contributed by atoms with E-state index in [4.69, 9.17) is 4.74 Å². The predicted octanol–water partition coefficient (Wildman–Crippen LogP) is 2.72. The van der Waals surface area contributed by atoms with Gasteiger partial charge in [-0.25, -0.2) is 9.78 Å². The summed E-state index contributed by atoms with van der Waals surface area (Å²) in [5.41, 5.74) is 1.87. The molecule has 2 aromatic rings. The van der Waals surface area contributed by atoms with Gasteiger partial charge in [-0.3, -0.25) is 0 Å². The first-order chi connectivity index (χ1) is 10.2. The summed E-state index contributed by atoms with van der Waals surface area (Å²) in [6.45, 7) is 4.48. The molecule has 0 amide bonds. The van der Waals surface area contributed by atoms with Crippen molar-refractivity contribution in [1.82, 2.24) is 9.55 Å². The highest BCUT2D eigenvalue weighted by atomic mass is 16.5. The van der Waals surface area contributed by atoms with E-state index in [2.05, 4.69) is 16.5 Å². The van der Waals surface area contributed by atoms with Crippen molar-refractivity contribution in [3.63, 3.8) is 0 Å². The molecule has 5 nitrogen and oxygen atoms in total. The molecule has 1 aromatic heterocycles. The molecule has 3 rings (SSSR count). The van der Waals surface area contributed by atoms with Crippen molar-refractivity contribution >= 4 is 17.0 Å². The topological polar surface area (TPSA) is 64.3 Å². The lowest BCUT2D eigenvalue weighted by atomic mass is 10.00.